The first-order valence-electron chi connectivity index (χ1n) is 5.49. The highest BCUT2D eigenvalue weighted by Gasteiger charge is 2.22. The predicted molar refractivity (Wildman–Crippen MR) is 60.0 cm³/mol. The van der Waals surface area contributed by atoms with Gasteiger partial charge in [-0.15, -0.1) is 0 Å². The highest BCUT2D eigenvalue weighted by atomic mass is 16.2. The predicted octanol–water partition coefficient (Wildman–Crippen LogP) is -1.91. The van der Waals surface area contributed by atoms with Crippen LogP contribution in [0.4, 0.5) is 0 Å². The van der Waals surface area contributed by atoms with Crippen LogP contribution in [-0.4, -0.2) is 47.0 Å². The maximum atomic E-state index is 11.7. The van der Waals surface area contributed by atoms with Crippen LogP contribution in [0.1, 0.15) is 0 Å². The second kappa shape index (κ2) is 5.44. The zero-order chi connectivity index (χ0) is 12.1. The lowest BCUT2D eigenvalue weighted by Gasteiger charge is -2.23. The van der Waals surface area contributed by atoms with Gasteiger partial charge in [0.1, 0.15) is 6.04 Å². The van der Waals surface area contributed by atoms with E-state index >= 15 is 0 Å². The lowest BCUT2D eigenvalue weighted by Crippen LogP contribution is -2.58. The third-order valence-electron chi connectivity index (χ3n) is 2.56. The lowest BCUT2D eigenvalue weighted by atomic mass is 10.2. The molecule has 1 unspecified atom stereocenters. The summed E-state index contributed by atoms with van der Waals surface area (Å²) in [5.41, 5.74) is 0. The van der Waals surface area contributed by atoms with E-state index < -0.39 is 0 Å². The Morgan fingerprint density at radius 2 is 2.53 bits per heavy atom. The fraction of sp³-hybridized carbons (Fsp3) is 0.500. The summed E-state index contributed by atoms with van der Waals surface area (Å²) in [4.78, 5) is 26.5. The fourth-order valence-electron chi connectivity index (χ4n) is 1.60. The first kappa shape index (κ1) is 11.6. The standard InChI is InChI=1S/C10H15N5O2/c16-9-6-13-8(5-14-9)10(17)12-2-4-15-3-1-11-7-15/h1,3,7-8,13H,2,4-6H2,(H,12,17)(H,14,16). The second-order valence-corrected chi connectivity index (χ2v) is 3.83. The SMILES string of the molecule is O=C1CNC(C(=O)NCCn2ccnc2)CN1. The number of aromatic nitrogens is 2. The number of amides is 2. The molecule has 1 aromatic heterocycles. The number of carbonyl (C=O) groups is 2. The van der Waals surface area contributed by atoms with E-state index in [1.54, 1.807) is 12.5 Å². The van der Waals surface area contributed by atoms with Gasteiger partial charge in [-0.25, -0.2) is 4.98 Å². The van der Waals surface area contributed by atoms with Gasteiger partial charge < -0.3 is 15.2 Å². The topological polar surface area (TPSA) is 88.1 Å². The molecule has 2 rings (SSSR count). The van der Waals surface area contributed by atoms with Crippen molar-refractivity contribution in [2.75, 3.05) is 19.6 Å². The van der Waals surface area contributed by atoms with E-state index in [-0.39, 0.29) is 24.4 Å². The van der Waals surface area contributed by atoms with Gasteiger partial charge in [0, 0.05) is 32.0 Å². The number of piperazine rings is 1. The van der Waals surface area contributed by atoms with E-state index in [0.717, 1.165) is 0 Å². The average Bonchev–Trinajstić information content (AvgIpc) is 2.83. The molecule has 1 aliphatic heterocycles. The normalized spacial score (nSPS) is 19.8. The minimum atomic E-state index is -0.338. The van der Waals surface area contributed by atoms with Crippen molar-refractivity contribution in [2.24, 2.45) is 0 Å². The van der Waals surface area contributed by atoms with Gasteiger partial charge >= 0.3 is 0 Å². The van der Waals surface area contributed by atoms with Crippen LogP contribution in [0.25, 0.3) is 0 Å². The third-order valence-corrected chi connectivity index (χ3v) is 2.56. The van der Waals surface area contributed by atoms with Gasteiger partial charge in [-0.2, -0.15) is 0 Å². The van der Waals surface area contributed by atoms with Crippen molar-refractivity contribution in [3.8, 4) is 0 Å². The van der Waals surface area contributed by atoms with Crippen molar-refractivity contribution in [1.29, 1.82) is 0 Å². The first-order valence-corrected chi connectivity index (χ1v) is 5.49. The average molecular weight is 237 g/mol. The summed E-state index contributed by atoms with van der Waals surface area (Å²) in [7, 11) is 0. The molecule has 1 aliphatic rings. The Balaban J connectivity index is 1.68. The molecule has 2 heterocycles. The third kappa shape index (κ3) is 3.28. The molecule has 1 saturated heterocycles. The van der Waals surface area contributed by atoms with E-state index in [2.05, 4.69) is 20.9 Å². The molecule has 1 atom stereocenters. The zero-order valence-corrected chi connectivity index (χ0v) is 9.35. The lowest BCUT2D eigenvalue weighted by molar-refractivity contribution is -0.126. The van der Waals surface area contributed by atoms with Crippen molar-refractivity contribution in [1.82, 2.24) is 25.5 Å². The molecule has 0 bridgehead atoms. The Hall–Kier alpha value is -1.89. The van der Waals surface area contributed by atoms with Gasteiger partial charge in [-0.1, -0.05) is 0 Å². The summed E-state index contributed by atoms with van der Waals surface area (Å²) in [5, 5.41) is 8.31. The first-order chi connectivity index (χ1) is 8.25. The molecule has 0 aliphatic carbocycles. The van der Waals surface area contributed by atoms with Crippen molar-refractivity contribution in [2.45, 2.75) is 12.6 Å². The number of imidazole rings is 1. The molecule has 0 saturated carbocycles. The van der Waals surface area contributed by atoms with Crippen molar-refractivity contribution in [3.63, 3.8) is 0 Å². The van der Waals surface area contributed by atoms with Gasteiger partial charge in [0.05, 0.1) is 12.9 Å². The van der Waals surface area contributed by atoms with Crippen LogP contribution in [0, 0.1) is 0 Å². The van der Waals surface area contributed by atoms with Gasteiger partial charge in [-0.3, -0.25) is 14.9 Å². The Morgan fingerprint density at radius 1 is 1.65 bits per heavy atom. The van der Waals surface area contributed by atoms with E-state index in [1.807, 2.05) is 10.8 Å². The molecular weight excluding hydrogens is 222 g/mol. The number of hydrogen-bond acceptors (Lipinski definition) is 4. The van der Waals surface area contributed by atoms with Gasteiger partial charge in [0.25, 0.3) is 0 Å². The number of carbonyl (C=O) groups excluding carboxylic acids is 2. The quantitative estimate of drug-likeness (QED) is 0.570. The monoisotopic (exact) mass is 237 g/mol. The van der Waals surface area contributed by atoms with Crippen LogP contribution < -0.4 is 16.0 Å². The molecule has 3 N–H and O–H groups in total. The fourth-order valence-corrected chi connectivity index (χ4v) is 1.60. The van der Waals surface area contributed by atoms with E-state index in [1.165, 1.54) is 0 Å². The Labute approximate surface area is 98.6 Å². The van der Waals surface area contributed by atoms with Crippen molar-refractivity contribution < 1.29 is 9.59 Å². The highest BCUT2D eigenvalue weighted by Crippen LogP contribution is 1.89. The van der Waals surface area contributed by atoms with Crippen LogP contribution in [0.15, 0.2) is 18.7 Å². The maximum Gasteiger partial charge on any atom is 0.239 e. The van der Waals surface area contributed by atoms with Gasteiger partial charge in [-0.05, 0) is 0 Å². The Kier molecular flexibility index (Phi) is 3.71. The highest BCUT2D eigenvalue weighted by molar-refractivity contribution is 5.86. The largest absolute Gasteiger partial charge is 0.353 e. The Morgan fingerprint density at radius 3 is 3.18 bits per heavy atom. The van der Waals surface area contributed by atoms with Crippen molar-refractivity contribution in [3.05, 3.63) is 18.7 Å². The molecule has 17 heavy (non-hydrogen) atoms. The van der Waals surface area contributed by atoms with Gasteiger partial charge in [0.2, 0.25) is 11.8 Å². The number of nitrogens with zero attached hydrogens (tertiary/aromatic N) is 2. The summed E-state index contributed by atoms with van der Waals surface area (Å²) in [6, 6.07) is -0.338. The number of hydrogen-bond donors (Lipinski definition) is 3. The summed E-state index contributed by atoms with van der Waals surface area (Å²) < 4.78 is 1.89. The smallest absolute Gasteiger partial charge is 0.239 e. The minimum Gasteiger partial charge on any atom is -0.353 e. The van der Waals surface area contributed by atoms with Crippen LogP contribution in [0.5, 0.6) is 0 Å². The van der Waals surface area contributed by atoms with Crippen LogP contribution >= 0.6 is 0 Å². The van der Waals surface area contributed by atoms with E-state index in [0.29, 0.717) is 19.6 Å². The summed E-state index contributed by atoms with van der Waals surface area (Å²) in [6.07, 6.45) is 5.23. The molecular formula is C10H15N5O2. The zero-order valence-electron chi connectivity index (χ0n) is 9.35. The molecule has 0 spiro atoms. The maximum absolute atomic E-state index is 11.7. The van der Waals surface area contributed by atoms with E-state index in [9.17, 15) is 9.59 Å². The Bertz CT molecular complexity index is 379. The summed E-state index contributed by atoms with van der Waals surface area (Å²) >= 11 is 0. The molecule has 7 nitrogen and oxygen atoms in total. The molecule has 7 heteroatoms. The molecule has 0 radical (unpaired) electrons. The van der Waals surface area contributed by atoms with Crippen LogP contribution in [0.3, 0.4) is 0 Å². The molecule has 92 valence electrons. The van der Waals surface area contributed by atoms with Crippen molar-refractivity contribution >= 4 is 11.8 Å². The van der Waals surface area contributed by atoms with Crippen LogP contribution in [-0.2, 0) is 16.1 Å². The molecule has 1 fully saturated rings. The molecule has 2 amide bonds. The van der Waals surface area contributed by atoms with Crippen LogP contribution in [0.2, 0.25) is 0 Å². The summed E-state index contributed by atoms with van der Waals surface area (Å²) in [5.74, 6) is -0.169. The minimum absolute atomic E-state index is 0.0764. The number of rotatable bonds is 4. The summed E-state index contributed by atoms with van der Waals surface area (Å²) in [6.45, 7) is 1.77. The van der Waals surface area contributed by atoms with Gasteiger partial charge in [0.15, 0.2) is 0 Å². The molecule has 0 aromatic carbocycles. The second-order valence-electron chi connectivity index (χ2n) is 3.83. The molecule has 1 aromatic rings. The number of nitrogens with one attached hydrogen (secondary N) is 3. The van der Waals surface area contributed by atoms with E-state index in [4.69, 9.17) is 0 Å².